The smallest absolute Gasteiger partial charge is 0.123 e. The second kappa shape index (κ2) is 6.06. The van der Waals surface area contributed by atoms with Gasteiger partial charge in [0, 0.05) is 29.3 Å². The summed E-state index contributed by atoms with van der Waals surface area (Å²) >= 11 is 3.42. The van der Waals surface area contributed by atoms with Crippen molar-refractivity contribution in [3.8, 4) is 0 Å². The lowest BCUT2D eigenvalue weighted by molar-refractivity contribution is 0.355. The summed E-state index contributed by atoms with van der Waals surface area (Å²) in [5.74, 6) is -0.217. The first kappa shape index (κ1) is 15.2. The number of aromatic nitrogens is 2. The van der Waals surface area contributed by atoms with Gasteiger partial charge in [-0.1, -0.05) is 15.9 Å². The number of hydrogen-bond acceptors (Lipinski definition) is 2. The van der Waals surface area contributed by atoms with Gasteiger partial charge in [0.15, 0.2) is 0 Å². The lowest BCUT2D eigenvalue weighted by Crippen LogP contribution is -2.22. The first-order valence-electron chi connectivity index (χ1n) is 6.55. The quantitative estimate of drug-likeness (QED) is 0.917. The van der Waals surface area contributed by atoms with Crippen LogP contribution in [0, 0.1) is 5.82 Å². The summed E-state index contributed by atoms with van der Waals surface area (Å²) in [6.07, 6.45) is 3.90. The van der Waals surface area contributed by atoms with Crippen molar-refractivity contribution in [1.29, 1.82) is 0 Å². The molecular weight excluding hydrogens is 321 g/mol. The van der Waals surface area contributed by atoms with Gasteiger partial charge in [0.25, 0.3) is 0 Å². The Morgan fingerprint density at radius 1 is 1.30 bits per heavy atom. The number of nitrogens with one attached hydrogen (secondary N) is 1. The largest absolute Gasteiger partial charge is 0.308 e. The lowest BCUT2D eigenvalue weighted by Gasteiger charge is -2.18. The predicted octanol–water partition coefficient (Wildman–Crippen LogP) is 3.83. The molecule has 0 radical (unpaired) electrons. The van der Waals surface area contributed by atoms with Crippen LogP contribution in [-0.2, 0) is 18.6 Å². The fourth-order valence-electron chi connectivity index (χ4n) is 1.84. The van der Waals surface area contributed by atoms with Gasteiger partial charge in [0.1, 0.15) is 5.82 Å². The third kappa shape index (κ3) is 3.90. The van der Waals surface area contributed by atoms with Crippen molar-refractivity contribution in [3.63, 3.8) is 0 Å². The molecular formula is C15H19BrFN3. The van der Waals surface area contributed by atoms with Crippen LogP contribution in [0.3, 0.4) is 0 Å². The van der Waals surface area contributed by atoms with Crippen molar-refractivity contribution in [3.05, 3.63) is 52.0 Å². The molecule has 1 N–H and O–H groups in total. The highest BCUT2D eigenvalue weighted by Gasteiger charge is 2.13. The maximum atomic E-state index is 13.2. The van der Waals surface area contributed by atoms with Crippen molar-refractivity contribution >= 4 is 15.9 Å². The summed E-state index contributed by atoms with van der Waals surface area (Å²) < 4.78 is 16.0. The lowest BCUT2D eigenvalue weighted by atomic mass is 10.1. The van der Waals surface area contributed by atoms with E-state index in [4.69, 9.17) is 0 Å². The van der Waals surface area contributed by atoms with Crippen LogP contribution in [0.4, 0.5) is 4.39 Å². The zero-order chi connectivity index (χ0) is 14.8. The van der Waals surface area contributed by atoms with Crippen molar-refractivity contribution in [2.45, 2.75) is 39.4 Å². The maximum absolute atomic E-state index is 13.2. The molecule has 20 heavy (non-hydrogen) atoms. The summed E-state index contributed by atoms with van der Waals surface area (Å²) in [6, 6.07) is 4.71. The summed E-state index contributed by atoms with van der Waals surface area (Å²) in [4.78, 5) is 0. The molecule has 0 fully saturated rings. The van der Waals surface area contributed by atoms with E-state index < -0.39 is 0 Å². The van der Waals surface area contributed by atoms with E-state index in [1.165, 1.54) is 12.1 Å². The topological polar surface area (TPSA) is 29.9 Å². The second-order valence-corrected chi connectivity index (χ2v) is 6.66. The Morgan fingerprint density at radius 3 is 2.70 bits per heavy atom. The van der Waals surface area contributed by atoms with Gasteiger partial charge in [0.2, 0.25) is 0 Å². The molecule has 0 unspecified atom stereocenters. The molecule has 0 spiro atoms. The van der Waals surface area contributed by atoms with Gasteiger partial charge in [-0.25, -0.2) is 4.39 Å². The highest BCUT2D eigenvalue weighted by Crippen LogP contribution is 2.18. The maximum Gasteiger partial charge on any atom is 0.123 e. The zero-order valence-corrected chi connectivity index (χ0v) is 13.5. The van der Waals surface area contributed by atoms with E-state index in [9.17, 15) is 4.39 Å². The monoisotopic (exact) mass is 339 g/mol. The van der Waals surface area contributed by atoms with E-state index in [1.54, 1.807) is 6.07 Å². The fraction of sp³-hybridized carbons (Fsp3) is 0.400. The van der Waals surface area contributed by atoms with Gasteiger partial charge in [-0.3, -0.25) is 4.68 Å². The molecule has 0 saturated carbocycles. The fourth-order valence-corrected chi connectivity index (χ4v) is 2.23. The molecule has 1 aromatic heterocycles. The number of benzene rings is 1. The van der Waals surface area contributed by atoms with Crippen LogP contribution in [0.1, 0.15) is 31.9 Å². The normalized spacial score (nSPS) is 11.8. The molecule has 0 bridgehead atoms. The Kier molecular flexibility index (Phi) is 4.60. The molecule has 108 valence electrons. The number of hydrogen-bond donors (Lipinski definition) is 1. The molecule has 0 saturated heterocycles. The Morgan fingerprint density at radius 2 is 2.05 bits per heavy atom. The van der Waals surface area contributed by atoms with Gasteiger partial charge < -0.3 is 5.32 Å². The first-order valence-corrected chi connectivity index (χ1v) is 7.34. The molecule has 3 nitrogen and oxygen atoms in total. The summed E-state index contributed by atoms with van der Waals surface area (Å²) in [5.41, 5.74) is 2.02. The van der Waals surface area contributed by atoms with E-state index in [0.717, 1.165) is 15.6 Å². The van der Waals surface area contributed by atoms with Crippen molar-refractivity contribution < 1.29 is 4.39 Å². The first-order chi connectivity index (χ1) is 9.36. The third-order valence-electron chi connectivity index (χ3n) is 2.98. The van der Waals surface area contributed by atoms with Gasteiger partial charge in [-0.05, 0) is 44.5 Å². The van der Waals surface area contributed by atoms with Gasteiger partial charge >= 0.3 is 0 Å². The standard InChI is InChI=1S/C15H19BrFN3/c1-15(2,3)20-10-11(8-19-20)7-18-9-12-6-13(17)4-5-14(12)16/h4-6,8,10,18H,7,9H2,1-3H3. The van der Waals surface area contributed by atoms with Gasteiger partial charge in [0.05, 0.1) is 11.7 Å². The molecule has 0 amide bonds. The Balaban J connectivity index is 1.93. The zero-order valence-electron chi connectivity index (χ0n) is 12.0. The highest BCUT2D eigenvalue weighted by molar-refractivity contribution is 9.10. The minimum Gasteiger partial charge on any atom is -0.308 e. The van der Waals surface area contributed by atoms with Crippen LogP contribution in [0.5, 0.6) is 0 Å². The summed E-state index contributed by atoms with van der Waals surface area (Å²) in [5, 5.41) is 7.65. The molecule has 2 aromatic rings. The van der Waals surface area contributed by atoms with Crippen LogP contribution >= 0.6 is 15.9 Å². The van der Waals surface area contributed by atoms with Gasteiger partial charge in [-0.2, -0.15) is 5.10 Å². The molecule has 0 atom stereocenters. The van der Waals surface area contributed by atoms with Crippen molar-refractivity contribution in [2.24, 2.45) is 0 Å². The molecule has 1 heterocycles. The van der Waals surface area contributed by atoms with Crippen LogP contribution in [-0.4, -0.2) is 9.78 Å². The number of rotatable bonds is 4. The molecule has 5 heteroatoms. The molecule has 2 rings (SSSR count). The summed E-state index contributed by atoms with van der Waals surface area (Å²) in [6.45, 7) is 7.65. The van der Waals surface area contributed by atoms with E-state index in [-0.39, 0.29) is 11.4 Å². The minimum absolute atomic E-state index is 0.0101. The number of nitrogens with zero attached hydrogens (tertiary/aromatic N) is 2. The Bertz CT molecular complexity index is 587. The average Bonchev–Trinajstić information content (AvgIpc) is 2.82. The third-order valence-corrected chi connectivity index (χ3v) is 3.75. The SMILES string of the molecule is CC(C)(C)n1cc(CNCc2cc(F)ccc2Br)cn1. The molecule has 1 aromatic carbocycles. The van der Waals surface area contributed by atoms with E-state index >= 15 is 0 Å². The van der Waals surface area contributed by atoms with Crippen LogP contribution in [0.2, 0.25) is 0 Å². The second-order valence-electron chi connectivity index (χ2n) is 5.80. The van der Waals surface area contributed by atoms with Crippen LogP contribution in [0.15, 0.2) is 35.1 Å². The van der Waals surface area contributed by atoms with Crippen molar-refractivity contribution in [2.75, 3.05) is 0 Å². The minimum atomic E-state index is -0.217. The molecule has 0 aliphatic heterocycles. The predicted molar refractivity (Wildman–Crippen MR) is 81.9 cm³/mol. The number of halogens is 2. The van der Waals surface area contributed by atoms with Crippen LogP contribution in [0.25, 0.3) is 0 Å². The van der Waals surface area contributed by atoms with E-state index in [0.29, 0.717) is 13.1 Å². The van der Waals surface area contributed by atoms with Gasteiger partial charge in [-0.15, -0.1) is 0 Å². The Hall–Kier alpha value is -1.20. The van der Waals surface area contributed by atoms with E-state index in [1.807, 2.05) is 17.1 Å². The van der Waals surface area contributed by atoms with E-state index in [2.05, 4.69) is 47.1 Å². The average molecular weight is 340 g/mol. The van der Waals surface area contributed by atoms with Crippen molar-refractivity contribution in [1.82, 2.24) is 15.1 Å². The highest BCUT2D eigenvalue weighted by atomic mass is 79.9. The van der Waals surface area contributed by atoms with Crippen LogP contribution < -0.4 is 5.32 Å². The molecule has 0 aliphatic carbocycles. The summed E-state index contributed by atoms with van der Waals surface area (Å²) in [7, 11) is 0. The Labute approximate surface area is 127 Å². The molecule has 0 aliphatic rings.